The topological polar surface area (TPSA) is 62.1 Å². The van der Waals surface area contributed by atoms with Crippen molar-refractivity contribution in [1.29, 1.82) is 5.26 Å². The second kappa shape index (κ2) is 3.21. The van der Waals surface area contributed by atoms with Crippen molar-refractivity contribution in [2.45, 2.75) is 44.8 Å². The molecule has 0 bridgehead atoms. The lowest BCUT2D eigenvalue weighted by Crippen LogP contribution is -2.52. The molecule has 0 aromatic rings. The zero-order chi connectivity index (χ0) is 11.1. The van der Waals surface area contributed by atoms with E-state index in [9.17, 15) is 4.79 Å². The highest BCUT2D eigenvalue weighted by Crippen LogP contribution is 2.45. The smallest absolute Gasteiger partial charge is 0.240 e. The maximum atomic E-state index is 11.9. The lowest BCUT2D eigenvalue weighted by molar-refractivity contribution is -0.126. The van der Waals surface area contributed by atoms with Gasteiger partial charge in [-0.25, -0.2) is 0 Å². The van der Waals surface area contributed by atoms with E-state index in [1.807, 2.05) is 13.8 Å². The summed E-state index contributed by atoms with van der Waals surface area (Å²) in [5.41, 5.74) is -1.03. The monoisotopic (exact) mass is 208 g/mol. The molecule has 1 heterocycles. The molecule has 1 N–H and O–H groups in total. The van der Waals surface area contributed by atoms with Crippen LogP contribution in [-0.4, -0.2) is 24.2 Å². The first-order valence-electron chi connectivity index (χ1n) is 5.38. The molecule has 82 valence electrons. The molecule has 2 atom stereocenters. The van der Waals surface area contributed by atoms with Crippen molar-refractivity contribution < 1.29 is 9.53 Å². The van der Waals surface area contributed by atoms with E-state index in [1.54, 1.807) is 0 Å². The Hall–Kier alpha value is -1.08. The van der Waals surface area contributed by atoms with Gasteiger partial charge in [0.1, 0.15) is 5.41 Å². The van der Waals surface area contributed by atoms with Gasteiger partial charge in [-0.2, -0.15) is 5.26 Å². The molecular formula is C11H16N2O2. The highest BCUT2D eigenvalue weighted by molar-refractivity contribution is 5.88. The van der Waals surface area contributed by atoms with E-state index in [1.165, 1.54) is 0 Å². The summed E-state index contributed by atoms with van der Waals surface area (Å²) in [4.78, 5) is 11.9. The predicted octanol–water partition coefficient (Wildman–Crippen LogP) is 0.974. The van der Waals surface area contributed by atoms with E-state index in [2.05, 4.69) is 11.4 Å². The van der Waals surface area contributed by atoms with Gasteiger partial charge in [-0.3, -0.25) is 4.79 Å². The normalized spacial score (nSPS) is 37.0. The summed E-state index contributed by atoms with van der Waals surface area (Å²) < 4.78 is 5.44. The fraction of sp³-hybridized carbons (Fsp3) is 0.818. The van der Waals surface area contributed by atoms with Gasteiger partial charge in [-0.05, 0) is 33.1 Å². The second-order valence-corrected chi connectivity index (χ2v) is 4.83. The van der Waals surface area contributed by atoms with Crippen LogP contribution in [-0.2, 0) is 9.53 Å². The molecule has 2 aliphatic rings. The van der Waals surface area contributed by atoms with E-state index in [4.69, 9.17) is 10.00 Å². The van der Waals surface area contributed by atoms with E-state index < -0.39 is 5.41 Å². The minimum atomic E-state index is -0.731. The minimum Gasteiger partial charge on any atom is -0.376 e. The molecule has 1 amide bonds. The Kier molecular flexibility index (Phi) is 2.23. The number of nitrogens with one attached hydrogen (secondary N) is 1. The van der Waals surface area contributed by atoms with Crippen LogP contribution < -0.4 is 5.32 Å². The molecule has 0 aromatic heterocycles. The van der Waals surface area contributed by atoms with Crippen LogP contribution in [0, 0.1) is 16.7 Å². The molecule has 1 saturated carbocycles. The first kappa shape index (κ1) is 10.4. The van der Waals surface area contributed by atoms with Crippen LogP contribution in [0.1, 0.15) is 33.1 Å². The summed E-state index contributed by atoms with van der Waals surface area (Å²) in [6, 6.07) is 2.11. The van der Waals surface area contributed by atoms with Crippen molar-refractivity contribution in [2.75, 3.05) is 6.61 Å². The number of nitrogens with zero attached hydrogens (tertiary/aromatic N) is 1. The third-order valence-corrected chi connectivity index (χ3v) is 3.68. The number of carbonyl (C=O) groups excluding carboxylic acids is 1. The number of hydrogen-bond acceptors (Lipinski definition) is 3. The van der Waals surface area contributed by atoms with Gasteiger partial charge in [0, 0.05) is 6.61 Å². The van der Waals surface area contributed by atoms with Crippen molar-refractivity contribution in [3.8, 4) is 6.07 Å². The third kappa shape index (κ3) is 1.61. The Morgan fingerprint density at radius 2 is 2.20 bits per heavy atom. The maximum absolute atomic E-state index is 11.9. The van der Waals surface area contributed by atoms with Crippen LogP contribution in [0.15, 0.2) is 0 Å². The number of hydrogen-bond donors (Lipinski definition) is 1. The molecule has 4 nitrogen and oxygen atoms in total. The molecule has 15 heavy (non-hydrogen) atoms. The van der Waals surface area contributed by atoms with Gasteiger partial charge in [0.25, 0.3) is 0 Å². The first-order valence-corrected chi connectivity index (χ1v) is 5.38. The van der Waals surface area contributed by atoms with Crippen molar-refractivity contribution in [3.05, 3.63) is 0 Å². The van der Waals surface area contributed by atoms with E-state index in [0.717, 1.165) is 6.42 Å². The quantitative estimate of drug-likeness (QED) is 0.735. The van der Waals surface area contributed by atoms with Gasteiger partial charge in [0.2, 0.25) is 5.91 Å². The van der Waals surface area contributed by atoms with Crippen LogP contribution in [0.25, 0.3) is 0 Å². The summed E-state index contributed by atoms with van der Waals surface area (Å²) >= 11 is 0. The molecule has 1 saturated heterocycles. The average Bonchev–Trinajstić information content (AvgIpc) is 2.92. The van der Waals surface area contributed by atoms with Gasteiger partial charge in [-0.1, -0.05) is 0 Å². The Labute approximate surface area is 89.6 Å². The summed E-state index contributed by atoms with van der Waals surface area (Å²) in [7, 11) is 0. The van der Waals surface area contributed by atoms with Crippen LogP contribution in [0.2, 0.25) is 0 Å². The van der Waals surface area contributed by atoms with Gasteiger partial charge in [0.15, 0.2) is 0 Å². The lowest BCUT2D eigenvalue weighted by Gasteiger charge is -2.29. The molecular weight excluding hydrogens is 192 g/mol. The molecule has 0 radical (unpaired) electrons. The Morgan fingerprint density at radius 1 is 1.53 bits per heavy atom. The highest BCUT2D eigenvalue weighted by atomic mass is 16.5. The molecule has 2 rings (SSSR count). The number of amides is 1. The molecule has 2 unspecified atom stereocenters. The SMILES string of the molecule is CC1OCCC1(C)NC(=O)C1(C#N)CC1. The second-order valence-electron chi connectivity index (χ2n) is 4.83. The molecule has 0 spiro atoms. The minimum absolute atomic E-state index is 0.0240. The molecule has 1 aliphatic heterocycles. The number of ether oxygens (including phenoxy) is 1. The van der Waals surface area contributed by atoms with Gasteiger partial charge in [0.05, 0.1) is 17.7 Å². The number of carbonyl (C=O) groups is 1. The van der Waals surface area contributed by atoms with Crippen LogP contribution in [0.4, 0.5) is 0 Å². The average molecular weight is 208 g/mol. The van der Waals surface area contributed by atoms with Crippen molar-refractivity contribution in [1.82, 2.24) is 5.32 Å². The van der Waals surface area contributed by atoms with Crippen LogP contribution in [0.5, 0.6) is 0 Å². The first-order chi connectivity index (χ1) is 7.02. The van der Waals surface area contributed by atoms with Crippen LogP contribution in [0.3, 0.4) is 0 Å². The fourth-order valence-electron chi connectivity index (χ4n) is 1.89. The maximum Gasteiger partial charge on any atom is 0.240 e. The third-order valence-electron chi connectivity index (χ3n) is 3.68. The van der Waals surface area contributed by atoms with Gasteiger partial charge < -0.3 is 10.1 Å². The van der Waals surface area contributed by atoms with E-state index in [-0.39, 0.29) is 17.6 Å². The van der Waals surface area contributed by atoms with Crippen molar-refractivity contribution in [3.63, 3.8) is 0 Å². The van der Waals surface area contributed by atoms with Crippen LogP contribution >= 0.6 is 0 Å². The number of rotatable bonds is 2. The Balaban J connectivity index is 2.03. The van der Waals surface area contributed by atoms with Crippen molar-refractivity contribution >= 4 is 5.91 Å². The predicted molar refractivity (Wildman–Crippen MR) is 53.9 cm³/mol. The summed E-state index contributed by atoms with van der Waals surface area (Å²) in [6.45, 7) is 4.62. The Bertz CT molecular complexity index is 330. The largest absolute Gasteiger partial charge is 0.376 e. The molecule has 1 aliphatic carbocycles. The zero-order valence-electron chi connectivity index (χ0n) is 9.17. The van der Waals surface area contributed by atoms with Crippen molar-refractivity contribution in [2.24, 2.45) is 5.41 Å². The van der Waals surface area contributed by atoms with Gasteiger partial charge >= 0.3 is 0 Å². The molecule has 2 fully saturated rings. The van der Waals surface area contributed by atoms with E-state index in [0.29, 0.717) is 19.4 Å². The summed E-state index contributed by atoms with van der Waals surface area (Å²) in [5, 5.41) is 11.9. The van der Waals surface area contributed by atoms with E-state index >= 15 is 0 Å². The fourth-order valence-corrected chi connectivity index (χ4v) is 1.89. The lowest BCUT2D eigenvalue weighted by atomic mass is 9.93. The zero-order valence-corrected chi connectivity index (χ0v) is 9.17. The standard InChI is InChI=1S/C11H16N2O2/c1-8-10(2,5-6-15-8)13-9(14)11(7-12)3-4-11/h8H,3-6H2,1-2H3,(H,13,14). The van der Waals surface area contributed by atoms with Gasteiger partial charge in [-0.15, -0.1) is 0 Å². The Morgan fingerprint density at radius 3 is 2.60 bits per heavy atom. The number of nitriles is 1. The highest BCUT2D eigenvalue weighted by Gasteiger charge is 2.53. The molecule has 0 aromatic carbocycles. The summed E-state index contributed by atoms with van der Waals surface area (Å²) in [5.74, 6) is -0.121. The summed E-state index contributed by atoms with van der Waals surface area (Å²) in [6.07, 6.45) is 2.24. The molecule has 4 heteroatoms.